The monoisotopic (exact) mass is 543 g/mol. The first-order valence-corrected chi connectivity index (χ1v) is 13.6. The summed E-state index contributed by atoms with van der Waals surface area (Å²) in [5.41, 5.74) is 1.67. The van der Waals surface area contributed by atoms with Crippen molar-refractivity contribution in [1.82, 2.24) is 19.9 Å². The Balaban J connectivity index is 1.44. The summed E-state index contributed by atoms with van der Waals surface area (Å²) in [5.74, 6) is 1.92. The number of rotatable bonds is 6. The van der Waals surface area contributed by atoms with Crippen LogP contribution in [0.5, 0.6) is 5.88 Å². The number of ether oxygens (including phenoxy) is 2. The van der Waals surface area contributed by atoms with Crippen LogP contribution in [0.15, 0.2) is 24.3 Å². The summed E-state index contributed by atoms with van der Waals surface area (Å²) < 4.78 is 51.8. The smallest absolute Gasteiger partial charge is 0.416 e. The number of likely N-dealkylation sites (tertiary alicyclic amines) is 1. The quantitative estimate of drug-likeness (QED) is 0.397. The van der Waals surface area contributed by atoms with Crippen LogP contribution in [0.25, 0.3) is 11.0 Å². The third kappa shape index (κ3) is 5.82. The SMILES string of the molecule is COc1nc2nc(C)nc(N[C@H](C)c3cccc(C(F)(F)F)c3C)c2cc1C1CCN(C2CCOCC2)CC1. The summed E-state index contributed by atoms with van der Waals surface area (Å²) >= 11 is 0. The maximum atomic E-state index is 13.5. The molecule has 210 valence electrons. The van der Waals surface area contributed by atoms with Crippen molar-refractivity contribution in [3.05, 3.63) is 52.3 Å². The van der Waals surface area contributed by atoms with Crippen LogP contribution < -0.4 is 10.1 Å². The van der Waals surface area contributed by atoms with E-state index in [0.29, 0.717) is 34.8 Å². The van der Waals surface area contributed by atoms with E-state index in [1.807, 2.05) is 6.92 Å². The molecular formula is C29H36F3N5O2. The van der Waals surface area contributed by atoms with E-state index in [1.54, 1.807) is 20.1 Å². The molecule has 2 saturated heterocycles. The van der Waals surface area contributed by atoms with Gasteiger partial charge >= 0.3 is 6.18 Å². The minimum atomic E-state index is -4.41. The van der Waals surface area contributed by atoms with E-state index in [0.717, 1.165) is 69.0 Å². The van der Waals surface area contributed by atoms with E-state index in [2.05, 4.69) is 26.3 Å². The van der Waals surface area contributed by atoms with Gasteiger partial charge in [0.2, 0.25) is 5.88 Å². The van der Waals surface area contributed by atoms with Crippen LogP contribution in [0, 0.1) is 13.8 Å². The van der Waals surface area contributed by atoms with Crippen molar-refractivity contribution in [2.24, 2.45) is 0 Å². The second-order valence-electron chi connectivity index (χ2n) is 10.6. The molecule has 10 heteroatoms. The first-order valence-electron chi connectivity index (χ1n) is 13.6. The Hall–Kier alpha value is -2.98. The van der Waals surface area contributed by atoms with Crippen molar-refractivity contribution in [3.63, 3.8) is 0 Å². The molecular weight excluding hydrogens is 507 g/mol. The normalized spacial score (nSPS) is 18.8. The third-order valence-corrected chi connectivity index (χ3v) is 8.16. The Morgan fingerprint density at radius 3 is 2.44 bits per heavy atom. The van der Waals surface area contributed by atoms with Crippen LogP contribution in [0.3, 0.4) is 0 Å². The highest BCUT2D eigenvalue weighted by molar-refractivity contribution is 5.88. The average molecular weight is 544 g/mol. The van der Waals surface area contributed by atoms with E-state index in [9.17, 15) is 13.2 Å². The molecule has 39 heavy (non-hydrogen) atoms. The van der Waals surface area contributed by atoms with Gasteiger partial charge in [0.25, 0.3) is 0 Å². The summed E-state index contributed by atoms with van der Waals surface area (Å²) in [6, 6.07) is 6.51. The van der Waals surface area contributed by atoms with E-state index in [4.69, 9.17) is 14.5 Å². The predicted molar refractivity (Wildman–Crippen MR) is 144 cm³/mol. The number of nitrogens with one attached hydrogen (secondary N) is 1. The summed E-state index contributed by atoms with van der Waals surface area (Å²) in [4.78, 5) is 16.5. The van der Waals surface area contributed by atoms with E-state index in [1.165, 1.54) is 13.0 Å². The number of hydrogen-bond acceptors (Lipinski definition) is 7. The number of anilines is 1. The molecule has 0 saturated carbocycles. The third-order valence-electron chi connectivity index (χ3n) is 8.16. The van der Waals surface area contributed by atoms with Gasteiger partial charge < -0.3 is 19.7 Å². The Kier molecular flexibility index (Phi) is 7.96. The van der Waals surface area contributed by atoms with Crippen molar-refractivity contribution in [2.75, 3.05) is 38.7 Å². The van der Waals surface area contributed by atoms with Crippen molar-refractivity contribution < 1.29 is 22.6 Å². The van der Waals surface area contributed by atoms with Gasteiger partial charge in [-0.05, 0) is 88.7 Å². The predicted octanol–water partition coefficient (Wildman–Crippen LogP) is 6.20. The average Bonchev–Trinajstić information content (AvgIpc) is 2.92. The lowest BCUT2D eigenvalue weighted by atomic mass is 9.88. The van der Waals surface area contributed by atoms with Gasteiger partial charge in [0.1, 0.15) is 11.6 Å². The zero-order chi connectivity index (χ0) is 27.7. The topological polar surface area (TPSA) is 72.4 Å². The molecule has 3 aromatic rings. The maximum Gasteiger partial charge on any atom is 0.416 e. The van der Waals surface area contributed by atoms with E-state index >= 15 is 0 Å². The molecule has 2 fully saturated rings. The number of alkyl halides is 3. The molecule has 5 rings (SSSR count). The molecule has 2 aliphatic rings. The molecule has 0 radical (unpaired) electrons. The largest absolute Gasteiger partial charge is 0.481 e. The van der Waals surface area contributed by atoms with Gasteiger partial charge in [-0.2, -0.15) is 18.2 Å². The Morgan fingerprint density at radius 2 is 1.77 bits per heavy atom. The van der Waals surface area contributed by atoms with Gasteiger partial charge in [-0.1, -0.05) is 12.1 Å². The van der Waals surface area contributed by atoms with Crippen molar-refractivity contribution >= 4 is 16.9 Å². The van der Waals surface area contributed by atoms with Crippen LogP contribution in [-0.2, 0) is 10.9 Å². The number of fused-ring (bicyclic) bond motifs is 1. The number of hydrogen-bond donors (Lipinski definition) is 1. The minimum Gasteiger partial charge on any atom is -0.481 e. The van der Waals surface area contributed by atoms with E-state index < -0.39 is 17.8 Å². The lowest BCUT2D eigenvalue weighted by Gasteiger charge is -2.39. The summed E-state index contributed by atoms with van der Waals surface area (Å²) in [6.07, 6.45) is -0.248. The fraction of sp³-hybridized carbons (Fsp3) is 0.552. The first-order chi connectivity index (χ1) is 18.7. The van der Waals surface area contributed by atoms with Gasteiger partial charge in [0, 0.05) is 24.8 Å². The number of aryl methyl sites for hydroxylation is 1. The fourth-order valence-corrected chi connectivity index (χ4v) is 6.07. The molecule has 0 spiro atoms. The lowest BCUT2D eigenvalue weighted by molar-refractivity contribution is -0.138. The molecule has 4 heterocycles. The molecule has 7 nitrogen and oxygen atoms in total. The van der Waals surface area contributed by atoms with Crippen molar-refractivity contribution in [2.45, 2.75) is 70.6 Å². The standard InChI is InChI=1S/C29H36F3N5O2/c1-17-22(6-5-7-25(17)29(30,31)32)18(2)33-26-24-16-23(28(38-4)36-27(24)35-19(3)34-26)20-8-12-37(13-9-20)21-10-14-39-15-11-21/h5-7,16,18,20-21H,8-15H2,1-4H3,(H,33,34,35,36)/t18-/m1/s1. The van der Waals surface area contributed by atoms with E-state index in [-0.39, 0.29) is 11.5 Å². The molecule has 1 N–H and O–H groups in total. The molecule has 0 unspecified atom stereocenters. The van der Waals surface area contributed by atoms with Gasteiger partial charge in [0.05, 0.1) is 24.1 Å². The van der Waals surface area contributed by atoms with Crippen LogP contribution in [-0.4, -0.2) is 59.3 Å². The molecule has 0 amide bonds. The minimum absolute atomic E-state index is 0.205. The van der Waals surface area contributed by atoms with Crippen LogP contribution in [0.2, 0.25) is 0 Å². The van der Waals surface area contributed by atoms with Gasteiger partial charge in [0.15, 0.2) is 5.65 Å². The number of nitrogens with zero attached hydrogens (tertiary/aromatic N) is 4. The molecule has 0 aliphatic carbocycles. The summed E-state index contributed by atoms with van der Waals surface area (Å²) in [6.45, 7) is 8.82. The second-order valence-corrected chi connectivity index (χ2v) is 10.6. The first kappa shape index (κ1) is 27.6. The van der Waals surface area contributed by atoms with Gasteiger partial charge in [-0.3, -0.25) is 0 Å². The Morgan fingerprint density at radius 1 is 1.05 bits per heavy atom. The molecule has 0 bridgehead atoms. The Labute approximate surface area is 227 Å². The highest BCUT2D eigenvalue weighted by Crippen LogP contribution is 2.39. The van der Waals surface area contributed by atoms with Crippen molar-refractivity contribution in [3.8, 4) is 5.88 Å². The van der Waals surface area contributed by atoms with Crippen LogP contribution in [0.4, 0.5) is 19.0 Å². The Bertz CT molecular complexity index is 1320. The number of halogens is 3. The van der Waals surface area contributed by atoms with Crippen LogP contribution in [0.1, 0.15) is 72.6 Å². The zero-order valence-electron chi connectivity index (χ0n) is 22.9. The van der Waals surface area contributed by atoms with Crippen molar-refractivity contribution in [1.29, 1.82) is 0 Å². The summed E-state index contributed by atoms with van der Waals surface area (Å²) in [5, 5.41) is 4.10. The number of pyridine rings is 1. The summed E-state index contributed by atoms with van der Waals surface area (Å²) in [7, 11) is 1.63. The number of methoxy groups -OCH3 is 1. The lowest BCUT2D eigenvalue weighted by Crippen LogP contribution is -2.43. The van der Waals surface area contributed by atoms with Crippen LogP contribution >= 0.6 is 0 Å². The molecule has 2 aliphatic heterocycles. The van der Waals surface area contributed by atoms with Gasteiger partial charge in [-0.25, -0.2) is 9.97 Å². The number of benzene rings is 1. The zero-order valence-corrected chi connectivity index (χ0v) is 22.9. The molecule has 1 atom stereocenters. The highest BCUT2D eigenvalue weighted by atomic mass is 19.4. The van der Waals surface area contributed by atoms with Gasteiger partial charge in [-0.15, -0.1) is 0 Å². The number of aromatic nitrogens is 3. The molecule has 2 aromatic heterocycles. The fourth-order valence-electron chi connectivity index (χ4n) is 6.07. The number of piperidine rings is 1. The molecule has 1 aromatic carbocycles. The maximum absolute atomic E-state index is 13.5. The highest BCUT2D eigenvalue weighted by Gasteiger charge is 2.34. The second kappa shape index (κ2) is 11.3.